The van der Waals surface area contributed by atoms with E-state index in [9.17, 15) is 32.7 Å². The molecule has 4 N–H and O–H groups in total. The van der Waals surface area contributed by atoms with Crippen LogP contribution in [0.3, 0.4) is 0 Å². The normalized spacial score (nSPS) is 26.6. The van der Waals surface area contributed by atoms with Gasteiger partial charge in [-0.15, -0.1) is 13.2 Å². The Kier molecular flexibility index (Phi) is 11.5. The number of amides is 4. The predicted octanol–water partition coefficient (Wildman–Crippen LogP) is 1.91. The Bertz CT molecular complexity index is 1260. The highest BCUT2D eigenvalue weighted by Gasteiger charge is 2.63. The van der Waals surface area contributed by atoms with E-state index in [0.29, 0.717) is 19.3 Å². The van der Waals surface area contributed by atoms with E-state index in [1.165, 1.54) is 18.1 Å². The zero-order valence-corrected chi connectivity index (χ0v) is 27.9. The van der Waals surface area contributed by atoms with Crippen molar-refractivity contribution in [1.29, 1.82) is 0 Å². The molecular weight excluding hydrogens is 604 g/mol. The van der Waals surface area contributed by atoms with E-state index in [2.05, 4.69) is 28.5 Å². The number of aliphatic hydroxyl groups is 1. The van der Waals surface area contributed by atoms with Crippen molar-refractivity contribution in [3.05, 3.63) is 25.3 Å². The third-order valence-electron chi connectivity index (χ3n) is 8.77. The summed E-state index contributed by atoms with van der Waals surface area (Å²) in [7, 11) is -2.48. The lowest BCUT2D eigenvalue weighted by molar-refractivity contribution is -0.142. The summed E-state index contributed by atoms with van der Waals surface area (Å²) in [5.74, 6) is -3.21. The van der Waals surface area contributed by atoms with Gasteiger partial charge in [0.2, 0.25) is 21.8 Å². The molecule has 254 valence electrons. The number of allylic oxidation sites excluding steroid dienone is 1. The van der Waals surface area contributed by atoms with Crippen molar-refractivity contribution in [2.24, 2.45) is 11.8 Å². The molecule has 13 nitrogen and oxygen atoms in total. The van der Waals surface area contributed by atoms with E-state index >= 15 is 0 Å². The number of alkyl carbamates (subject to hydrolysis) is 1. The van der Waals surface area contributed by atoms with Gasteiger partial charge in [0, 0.05) is 31.9 Å². The van der Waals surface area contributed by atoms with Crippen LogP contribution in [0.1, 0.15) is 79.1 Å². The van der Waals surface area contributed by atoms with Crippen molar-refractivity contribution in [3.8, 4) is 0 Å². The molecule has 6 atom stereocenters. The molecule has 6 unspecified atom stereocenters. The average molecular weight is 655 g/mol. The van der Waals surface area contributed by atoms with Gasteiger partial charge in [0.25, 0.3) is 5.91 Å². The minimum atomic E-state index is -3.97. The Morgan fingerprint density at radius 2 is 1.82 bits per heavy atom. The molecule has 1 aliphatic heterocycles. The van der Waals surface area contributed by atoms with Gasteiger partial charge in [-0.1, -0.05) is 18.6 Å². The van der Waals surface area contributed by atoms with E-state index in [1.54, 1.807) is 33.8 Å². The number of nitrogens with one attached hydrogen (secondary N) is 3. The number of rotatable bonds is 16. The van der Waals surface area contributed by atoms with Crippen LogP contribution in [-0.2, 0) is 33.9 Å². The summed E-state index contributed by atoms with van der Waals surface area (Å²) in [6, 6.07) is -2.33. The highest BCUT2D eigenvalue weighted by Crippen LogP contribution is 2.47. The third kappa shape index (κ3) is 8.85. The van der Waals surface area contributed by atoms with Crippen LogP contribution in [-0.4, -0.2) is 96.6 Å². The molecule has 0 radical (unpaired) electrons. The lowest BCUT2D eigenvalue weighted by Crippen LogP contribution is -2.60. The number of unbranched alkanes of at least 4 members (excludes halogenated alkanes) is 2. The molecule has 0 spiro atoms. The highest BCUT2D eigenvalue weighted by atomic mass is 32.2. The number of carbonyl (C=O) groups is 4. The first kappa shape index (κ1) is 36.5. The van der Waals surface area contributed by atoms with Crippen LogP contribution in [0.4, 0.5) is 4.79 Å². The van der Waals surface area contributed by atoms with Crippen molar-refractivity contribution in [3.63, 3.8) is 0 Å². The fraction of sp³-hybridized carbons (Fsp3) is 0.742. The van der Waals surface area contributed by atoms with Crippen LogP contribution in [0.5, 0.6) is 0 Å². The maximum atomic E-state index is 14.2. The van der Waals surface area contributed by atoms with Gasteiger partial charge in [0.15, 0.2) is 0 Å². The first-order chi connectivity index (χ1) is 20.9. The van der Waals surface area contributed by atoms with Gasteiger partial charge < -0.3 is 30.1 Å². The number of methoxy groups -OCH3 is 1. The summed E-state index contributed by atoms with van der Waals surface area (Å²) in [4.78, 5) is 55.3. The van der Waals surface area contributed by atoms with Crippen LogP contribution < -0.4 is 15.4 Å². The summed E-state index contributed by atoms with van der Waals surface area (Å²) in [6.07, 6.45) is 5.10. The number of carbonyl (C=O) groups excluding carboxylic acids is 4. The van der Waals surface area contributed by atoms with E-state index in [-0.39, 0.29) is 26.0 Å². The standard InChI is InChI=1S/C31H50N4O9S/c1-8-10-11-12-13-20(19-43-7)24(32-28(40)44-29(3,4)5)26(38)35-18-22(36)16-23(35)25(37)33-31(17-21(31)9-2)27(39)34-45(41,42)30(6)14-15-30/h8-9,20-24,36H,1-2,10-19H2,3-7H3,(H,32,40)(H,33,37)(H,34,39). The van der Waals surface area contributed by atoms with Gasteiger partial charge in [-0.3, -0.25) is 19.1 Å². The molecule has 1 heterocycles. The van der Waals surface area contributed by atoms with Crippen LogP contribution >= 0.6 is 0 Å². The number of hydrogen-bond acceptors (Lipinski definition) is 9. The van der Waals surface area contributed by atoms with E-state index in [0.717, 1.165) is 19.3 Å². The average Bonchev–Trinajstić information content (AvgIpc) is 3.83. The van der Waals surface area contributed by atoms with Gasteiger partial charge in [0.05, 0.1) is 17.5 Å². The van der Waals surface area contributed by atoms with Crippen LogP contribution in [0, 0.1) is 11.8 Å². The lowest BCUT2D eigenvalue weighted by Gasteiger charge is -2.33. The number of hydrogen-bond donors (Lipinski definition) is 4. The molecule has 2 aliphatic carbocycles. The molecule has 3 rings (SSSR count). The SMILES string of the molecule is C=CCCCCC(COC)C(NC(=O)OC(C)(C)C)C(=O)N1CC(O)CC1C(=O)NC1(C(=O)NS(=O)(=O)C2(C)CC2)CC1C=C. The summed E-state index contributed by atoms with van der Waals surface area (Å²) in [5.41, 5.74) is -2.40. The molecule has 3 fully saturated rings. The van der Waals surface area contributed by atoms with Gasteiger partial charge in [-0.2, -0.15) is 0 Å². The van der Waals surface area contributed by atoms with Crippen molar-refractivity contribution in [2.45, 2.75) is 113 Å². The largest absolute Gasteiger partial charge is 0.444 e. The zero-order valence-electron chi connectivity index (χ0n) is 27.1. The number of aliphatic hydroxyl groups excluding tert-OH is 1. The summed E-state index contributed by atoms with van der Waals surface area (Å²) >= 11 is 0. The predicted molar refractivity (Wildman–Crippen MR) is 167 cm³/mol. The first-order valence-electron chi connectivity index (χ1n) is 15.5. The third-order valence-corrected chi connectivity index (χ3v) is 10.9. The van der Waals surface area contributed by atoms with Crippen LogP contribution in [0.15, 0.2) is 25.3 Å². The quantitative estimate of drug-likeness (QED) is 0.143. The van der Waals surface area contributed by atoms with Crippen molar-refractivity contribution in [2.75, 3.05) is 20.3 Å². The van der Waals surface area contributed by atoms with E-state index in [1.807, 2.05) is 0 Å². The molecular formula is C31H50N4O9S. The summed E-state index contributed by atoms with van der Waals surface area (Å²) < 4.78 is 37.5. The van der Waals surface area contributed by atoms with Gasteiger partial charge in [0.1, 0.15) is 23.2 Å². The molecule has 0 aromatic rings. The number of sulfonamides is 1. The molecule has 4 amide bonds. The minimum absolute atomic E-state index is 0.113. The van der Waals surface area contributed by atoms with Crippen molar-refractivity contribution >= 4 is 33.8 Å². The smallest absolute Gasteiger partial charge is 0.408 e. The summed E-state index contributed by atoms with van der Waals surface area (Å²) in [5, 5.41) is 16.0. The van der Waals surface area contributed by atoms with Gasteiger partial charge in [-0.25, -0.2) is 13.2 Å². The molecule has 0 bridgehead atoms. The number of nitrogens with zero attached hydrogens (tertiary/aromatic N) is 1. The second kappa shape index (κ2) is 14.2. The van der Waals surface area contributed by atoms with Crippen molar-refractivity contribution < 1.29 is 42.2 Å². The van der Waals surface area contributed by atoms with Gasteiger partial charge >= 0.3 is 6.09 Å². The molecule has 14 heteroatoms. The van der Waals surface area contributed by atoms with Crippen LogP contribution in [0.25, 0.3) is 0 Å². The second-order valence-electron chi connectivity index (χ2n) is 13.7. The zero-order chi connectivity index (χ0) is 33.8. The maximum Gasteiger partial charge on any atom is 0.408 e. The molecule has 0 aromatic heterocycles. The highest BCUT2D eigenvalue weighted by molar-refractivity contribution is 7.91. The Morgan fingerprint density at radius 1 is 1.16 bits per heavy atom. The summed E-state index contributed by atoms with van der Waals surface area (Å²) in [6.45, 7) is 14.0. The molecule has 0 aromatic carbocycles. The van der Waals surface area contributed by atoms with E-state index in [4.69, 9.17) is 9.47 Å². The lowest BCUT2D eigenvalue weighted by atomic mass is 9.92. The maximum absolute atomic E-state index is 14.2. The van der Waals surface area contributed by atoms with Crippen LogP contribution in [0.2, 0.25) is 0 Å². The van der Waals surface area contributed by atoms with Gasteiger partial charge in [-0.05, 0) is 66.2 Å². The molecule has 2 saturated carbocycles. The van der Waals surface area contributed by atoms with Crippen molar-refractivity contribution in [1.82, 2.24) is 20.3 Å². The second-order valence-corrected chi connectivity index (χ2v) is 15.9. The topological polar surface area (TPSA) is 180 Å². The number of ether oxygens (including phenoxy) is 2. The Balaban J connectivity index is 1.85. The fourth-order valence-corrected chi connectivity index (χ4v) is 6.99. The molecule has 1 saturated heterocycles. The van der Waals surface area contributed by atoms with E-state index < -0.39 is 79.7 Å². The molecule has 3 aliphatic rings. The number of likely N-dealkylation sites (tertiary alicyclic amines) is 1. The molecule has 45 heavy (non-hydrogen) atoms. The number of β-amino-alcohol motifs (C(OH)–C–C–N with tert-alkyl or cyclic N) is 1. The fourth-order valence-electron chi connectivity index (χ4n) is 5.67. The minimum Gasteiger partial charge on any atom is -0.444 e. The Labute approximate surface area is 266 Å². The Hall–Kier alpha value is -2.97. The first-order valence-corrected chi connectivity index (χ1v) is 17.0. The monoisotopic (exact) mass is 654 g/mol. The Morgan fingerprint density at radius 3 is 2.36 bits per heavy atom.